The molecule has 3 N–H and O–H groups in total. The van der Waals surface area contributed by atoms with Crippen LogP contribution in [0, 0.1) is 0 Å². The Morgan fingerprint density at radius 2 is 2.10 bits per heavy atom. The van der Waals surface area contributed by atoms with Crippen molar-refractivity contribution in [3.8, 4) is 5.75 Å². The highest BCUT2D eigenvalue weighted by Gasteiger charge is 2.12. The Bertz CT molecular complexity index is 423. The summed E-state index contributed by atoms with van der Waals surface area (Å²) in [6.07, 6.45) is 1.11. The van der Waals surface area contributed by atoms with Crippen LogP contribution in [0.1, 0.15) is 37.6 Å². The number of nitrogens with two attached hydrogens (primary N) is 1. The summed E-state index contributed by atoms with van der Waals surface area (Å²) in [5, 5.41) is 0. The molecule has 1 unspecified atom stereocenters. The molecular formula is C15H25N3O2. The fraction of sp³-hybridized carbons (Fsp3) is 0.533. The minimum absolute atomic E-state index is 0.338. The van der Waals surface area contributed by atoms with Gasteiger partial charge in [0.1, 0.15) is 12.4 Å². The minimum Gasteiger partial charge on any atom is -0.491 e. The molecule has 5 nitrogen and oxygen atoms in total. The van der Waals surface area contributed by atoms with Crippen molar-refractivity contribution < 1.29 is 9.53 Å². The number of nitrogen functional groups attached to an aromatic ring is 1. The normalized spacial score (nSPS) is 12.2. The Labute approximate surface area is 121 Å². The average Bonchev–Trinajstić information content (AvgIpc) is 2.50. The molecule has 0 aliphatic heterocycles. The lowest BCUT2D eigenvalue weighted by atomic mass is 10.2. The number of carbonyl (C=O) groups is 1. The first kappa shape index (κ1) is 16.5. The number of benzene rings is 1. The van der Waals surface area contributed by atoms with E-state index < -0.39 is 0 Å². The number of para-hydroxylation sites is 1. The lowest BCUT2D eigenvalue weighted by molar-refractivity contribution is 0.0948. The molecule has 0 aromatic heterocycles. The molecule has 0 aliphatic rings. The second-order valence-corrected chi connectivity index (χ2v) is 4.70. The van der Waals surface area contributed by atoms with E-state index in [9.17, 15) is 4.79 Å². The van der Waals surface area contributed by atoms with Gasteiger partial charge in [-0.05, 0) is 32.0 Å². The maximum Gasteiger partial charge on any atom is 0.268 e. The van der Waals surface area contributed by atoms with Crippen LogP contribution in [0.4, 0.5) is 0 Å². The van der Waals surface area contributed by atoms with E-state index in [-0.39, 0.29) is 5.91 Å². The van der Waals surface area contributed by atoms with Gasteiger partial charge in [0.15, 0.2) is 0 Å². The number of hydrogen-bond donors (Lipinski definition) is 2. The van der Waals surface area contributed by atoms with Gasteiger partial charge in [-0.15, -0.1) is 0 Å². The average molecular weight is 279 g/mol. The summed E-state index contributed by atoms with van der Waals surface area (Å²) in [6, 6.07) is 7.64. The fourth-order valence-corrected chi connectivity index (χ4v) is 2.08. The number of rotatable bonds is 8. The van der Waals surface area contributed by atoms with Gasteiger partial charge < -0.3 is 4.74 Å². The Balaban J connectivity index is 2.59. The quantitative estimate of drug-likeness (QED) is 0.432. The maximum absolute atomic E-state index is 11.6. The van der Waals surface area contributed by atoms with Gasteiger partial charge in [0.05, 0.1) is 5.56 Å². The van der Waals surface area contributed by atoms with Gasteiger partial charge in [-0.2, -0.15) is 0 Å². The fourth-order valence-electron chi connectivity index (χ4n) is 2.08. The van der Waals surface area contributed by atoms with Crippen LogP contribution in [0.15, 0.2) is 24.3 Å². The van der Waals surface area contributed by atoms with Crippen molar-refractivity contribution in [1.82, 2.24) is 10.3 Å². The van der Waals surface area contributed by atoms with Gasteiger partial charge in [0.25, 0.3) is 5.91 Å². The molecule has 1 aromatic carbocycles. The highest BCUT2D eigenvalue weighted by Crippen LogP contribution is 2.17. The van der Waals surface area contributed by atoms with Crippen LogP contribution in [0.3, 0.4) is 0 Å². The molecule has 20 heavy (non-hydrogen) atoms. The molecule has 1 amide bonds. The highest BCUT2D eigenvalue weighted by atomic mass is 16.5. The number of nitrogens with one attached hydrogen (secondary N) is 1. The molecule has 1 atom stereocenters. The lowest BCUT2D eigenvalue weighted by Gasteiger charge is -2.26. The molecule has 1 aromatic rings. The topological polar surface area (TPSA) is 67.6 Å². The number of likely N-dealkylation sites (N-methyl/N-ethyl adjacent to an activating group) is 1. The van der Waals surface area contributed by atoms with E-state index >= 15 is 0 Å². The molecule has 0 saturated carbocycles. The van der Waals surface area contributed by atoms with Crippen molar-refractivity contribution in [1.29, 1.82) is 0 Å². The van der Waals surface area contributed by atoms with Gasteiger partial charge in [-0.3, -0.25) is 15.1 Å². The monoisotopic (exact) mass is 279 g/mol. The van der Waals surface area contributed by atoms with E-state index in [2.05, 4.69) is 31.1 Å². The molecule has 0 aliphatic carbocycles. The predicted octanol–water partition coefficient (Wildman–Crippen LogP) is 1.79. The van der Waals surface area contributed by atoms with Gasteiger partial charge in [-0.1, -0.05) is 26.0 Å². The number of hydrogen-bond acceptors (Lipinski definition) is 4. The first-order valence-corrected chi connectivity index (χ1v) is 7.10. The summed E-state index contributed by atoms with van der Waals surface area (Å²) in [7, 11) is 0. The van der Waals surface area contributed by atoms with Crippen LogP contribution in [-0.4, -0.2) is 36.5 Å². The largest absolute Gasteiger partial charge is 0.491 e. The molecule has 0 fully saturated rings. The van der Waals surface area contributed by atoms with E-state index in [0.717, 1.165) is 19.5 Å². The summed E-state index contributed by atoms with van der Waals surface area (Å²) in [4.78, 5) is 14.0. The highest BCUT2D eigenvalue weighted by molar-refractivity contribution is 5.96. The van der Waals surface area contributed by atoms with E-state index in [1.54, 1.807) is 18.2 Å². The molecule has 0 heterocycles. The third kappa shape index (κ3) is 4.51. The smallest absolute Gasteiger partial charge is 0.268 e. The summed E-state index contributed by atoms with van der Waals surface area (Å²) >= 11 is 0. The summed E-state index contributed by atoms with van der Waals surface area (Å²) in [5.74, 6) is 5.39. The first-order chi connectivity index (χ1) is 9.63. The van der Waals surface area contributed by atoms with Crippen LogP contribution in [0.5, 0.6) is 5.75 Å². The number of carbonyl (C=O) groups excluding carboxylic acids is 1. The van der Waals surface area contributed by atoms with E-state index in [1.807, 2.05) is 6.07 Å². The van der Waals surface area contributed by atoms with Crippen molar-refractivity contribution >= 4 is 5.91 Å². The molecule has 0 bridgehead atoms. The SMILES string of the molecule is CCC(C)N(CC)CCOc1ccccc1C(=O)NN. The third-order valence-corrected chi connectivity index (χ3v) is 3.52. The van der Waals surface area contributed by atoms with Crippen LogP contribution >= 0.6 is 0 Å². The Hall–Kier alpha value is -1.59. The maximum atomic E-state index is 11.6. The minimum atomic E-state index is -0.338. The van der Waals surface area contributed by atoms with Crippen molar-refractivity contribution in [2.24, 2.45) is 5.84 Å². The van der Waals surface area contributed by atoms with Gasteiger partial charge in [-0.25, -0.2) is 5.84 Å². The van der Waals surface area contributed by atoms with Crippen molar-refractivity contribution in [2.45, 2.75) is 33.2 Å². The van der Waals surface area contributed by atoms with Crippen LogP contribution < -0.4 is 16.0 Å². The predicted molar refractivity (Wildman–Crippen MR) is 80.6 cm³/mol. The van der Waals surface area contributed by atoms with Crippen LogP contribution in [0.25, 0.3) is 0 Å². The molecular weight excluding hydrogens is 254 g/mol. The molecule has 0 radical (unpaired) electrons. The van der Waals surface area contributed by atoms with Gasteiger partial charge in [0.2, 0.25) is 0 Å². The number of ether oxygens (including phenoxy) is 1. The Morgan fingerprint density at radius 3 is 2.70 bits per heavy atom. The molecule has 112 valence electrons. The Morgan fingerprint density at radius 1 is 1.40 bits per heavy atom. The van der Waals surface area contributed by atoms with Crippen molar-refractivity contribution in [3.63, 3.8) is 0 Å². The zero-order valence-electron chi connectivity index (χ0n) is 12.6. The summed E-state index contributed by atoms with van der Waals surface area (Å²) in [6.45, 7) is 8.90. The zero-order valence-corrected chi connectivity index (χ0v) is 12.6. The lowest BCUT2D eigenvalue weighted by Crippen LogP contribution is -2.36. The molecule has 0 spiro atoms. The van der Waals surface area contributed by atoms with Gasteiger partial charge in [0, 0.05) is 12.6 Å². The van der Waals surface area contributed by atoms with Crippen molar-refractivity contribution in [3.05, 3.63) is 29.8 Å². The number of nitrogens with zero attached hydrogens (tertiary/aromatic N) is 1. The second-order valence-electron chi connectivity index (χ2n) is 4.70. The van der Waals surface area contributed by atoms with Gasteiger partial charge >= 0.3 is 0 Å². The summed E-state index contributed by atoms with van der Waals surface area (Å²) < 4.78 is 5.73. The van der Waals surface area contributed by atoms with E-state index in [0.29, 0.717) is 24.0 Å². The van der Waals surface area contributed by atoms with Crippen molar-refractivity contribution in [2.75, 3.05) is 19.7 Å². The second kappa shape index (κ2) is 8.55. The summed E-state index contributed by atoms with van der Waals surface area (Å²) in [5.41, 5.74) is 2.59. The van der Waals surface area contributed by atoms with Crippen LogP contribution in [-0.2, 0) is 0 Å². The molecule has 0 saturated heterocycles. The number of hydrazine groups is 1. The molecule has 1 rings (SSSR count). The Kier molecular flexibility index (Phi) is 7.04. The van der Waals surface area contributed by atoms with E-state index in [4.69, 9.17) is 10.6 Å². The van der Waals surface area contributed by atoms with Crippen LogP contribution in [0.2, 0.25) is 0 Å². The first-order valence-electron chi connectivity index (χ1n) is 7.10. The standard InChI is InChI=1S/C15H25N3O2/c1-4-12(3)18(5-2)10-11-20-14-9-7-6-8-13(14)15(19)17-16/h6-9,12H,4-5,10-11,16H2,1-3H3,(H,17,19). The molecule has 5 heteroatoms. The zero-order chi connectivity index (χ0) is 15.0. The van der Waals surface area contributed by atoms with E-state index in [1.165, 1.54) is 0 Å². The third-order valence-electron chi connectivity index (χ3n) is 3.52. The number of amides is 1.